The van der Waals surface area contributed by atoms with Crippen molar-refractivity contribution in [2.45, 2.75) is 0 Å². The fourth-order valence-corrected chi connectivity index (χ4v) is 8.67. The second kappa shape index (κ2) is 17.5. The van der Waals surface area contributed by atoms with E-state index in [2.05, 4.69) is 263 Å². The molecule has 0 aliphatic carbocycles. The average molecular weight is 837 g/mol. The first-order chi connectivity index (χ1) is 32.2. The number of benzene rings is 10. The van der Waals surface area contributed by atoms with E-state index in [-0.39, 0.29) is 0 Å². The second-order valence-corrected chi connectivity index (χ2v) is 15.9. The Balaban J connectivity index is 0.960. The van der Waals surface area contributed by atoms with E-state index in [0.717, 1.165) is 84.5 Å². The first-order valence-corrected chi connectivity index (χ1v) is 21.9. The minimum atomic E-state index is 0.837. The van der Waals surface area contributed by atoms with Crippen molar-refractivity contribution < 1.29 is 4.42 Å². The Morgan fingerprint density at radius 2 is 0.538 bits per heavy atom. The van der Waals surface area contributed by atoms with Crippen LogP contribution in [0.2, 0.25) is 0 Å². The molecule has 0 saturated carbocycles. The molecule has 0 amide bonds. The third-order valence-corrected chi connectivity index (χ3v) is 11.8. The number of rotatable bonds is 12. The molecule has 1 aromatic heterocycles. The number of nitrogens with one attached hydrogen (secondary N) is 1. The topological polar surface area (TPSA) is 34.9 Å². The summed E-state index contributed by atoms with van der Waals surface area (Å²) < 4.78 is 6.52. The maximum atomic E-state index is 6.52. The minimum absolute atomic E-state index is 0.837. The Morgan fingerprint density at radius 3 is 0.969 bits per heavy atom. The molecule has 65 heavy (non-hydrogen) atoms. The van der Waals surface area contributed by atoms with E-state index in [1.54, 1.807) is 0 Å². The highest BCUT2D eigenvalue weighted by Gasteiger charge is 2.20. The van der Waals surface area contributed by atoms with Crippen LogP contribution in [0.1, 0.15) is 0 Å². The third kappa shape index (κ3) is 8.06. The number of furan rings is 1. The van der Waals surface area contributed by atoms with E-state index >= 15 is 0 Å². The molecule has 0 spiro atoms. The lowest BCUT2D eigenvalue weighted by molar-refractivity contribution is 0.669. The van der Waals surface area contributed by atoms with Crippen LogP contribution in [-0.4, -0.2) is 0 Å². The van der Waals surface area contributed by atoms with Crippen LogP contribution in [0.25, 0.3) is 33.1 Å². The fraction of sp³-hybridized carbons (Fsp3) is 0. The van der Waals surface area contributed by atoms with Crippen LogP contribution < -0.4 is 20.0 Å². The fourth-order valence-electron chi connectivity index (χ4n) is 8.67. The van der Waals surface area contributed by atoms with E-state index in [1.165, 1.54) is 11.1 Å². The Labute approximate surface area is 379 Å². The largest absolute Gasteiger partial charge is 0.456 e. The van der Waals surface area contributed by atoms with Crippen LogP contribution in [0, 0.1) is 0 Å². The van der Waals surface area contributed by atoms with Crippen LogP contribution in [-0.2, 0) is 0 Å². The number of nitrogens with zero attached hydrogens (tertiary/aromatic N) is 3. The van der Waals surface area contributed by atoms with Gasteiger partial charge in [-0.05, 0) is 157 Å². The molecule has 1 N–H and O–H groups in total. The smallest absolute Gasteiger partial charge is 0.135 e. The summed E-state index contributed by atoms with van der Waals surface area (Å²) in [5.41, 5.74) is 15.7. The van der Waals surface area contributed by atoms with Gasteiger partial charge < -0.3 is 24.4 Å². The molecule has 0 fully saturated rings. The zero-order chi connectivity index (χ0) is 43.4. The lowest BCUT2D eigenvalue weighted by atomic mass is 10.0. The van der Waals surface area contributed by atoms with E-state index in [9.17, 15) is 0 Å². The van der Waals surface area contributed by atoms with Gasteiger partial charge in [-0.3, -0.25) is 0 Å². The summed E-state index contributed by atoms with van der Waals surface area (Å²) in [6.07, 6.45) is 0. The van der Waals surface area contributed by atoms with Gasteiger partial charge in [0, 0.05) is 73.3 Å². The first-order valence-electron chi connectivity index (χ1n) is 21.9. The summed E-state index contributed by atoms with van der Waals surface area (Å²) in [4.78, 5) is 6.92. The Kier molecular flexibility index (Phi) is 10.5. The summed E-state index contributed by atoms with van der Waals surface area (Å²) in [7, 11) is 0. The van der Waals surface area contributed by atoms with E-state index < -0.39 is 0 Å². The van der Waals surface area contributed by atoms with Crippen LogP contribution in [0.15, 0.2) is 265 Å². The summed E-state index contributed by atoms with van der Waals surface area (Å²) >= 11 is 0. The van der Waals surface area contributed by atoms with Gasteiger partial charge >= 0.3 is 0 Å². The number of anilines is 11. The Morgan fingerprint density at radius 1 is 0.246 bits per heavy atom. The minimum Gasteiger partial charge on any atom is -0.456 e. The molecule has 10 aromatic carbocycles. The summed E-state index contributed by atoms with van der Waals surface area (Å²) in [6, 6.07) is 91.6. The van der Waals surface area contributed by atoms with Crippen molar-refractivity contribution >= 4 is 84.5 Å². The van der Waals surface area contributed by atoms with Crippen molar-refractivity contribution in [3.05, 3.63) is 261 Å². The van der Waals surface area contributed by atoms with E-state index in [1.807, 2.05) is 18.2 Å². The van der Waals surface area contributed by atoms with Crippen molar-refractivity contribution in [3.8, 4) is 11.1 Å². The maximum Gasteiger partial charge on any atom is 0.135 e. The molecule has 0 atom stereocenters. The summed E-state index contributed by atoms with van der Waals surface area (Å²) in [5.74, 6) is 0. The standard InChI is InChI=1S/C60H44N4O/c1-6-16-44(17-7-1)45-26-30-51(31-27-45)62(48-20-10-3-11-21-48)53-34-36-54(37-35-53)64(50-24-14-5-15-25-50)56-39-41-60-58(43-56)57-42-55(38-40-59(57)65-60)63(49-22-12-4-13-23-49)52-32-28-47(29-33-52)61-46-18-8-2-9-19-46/h1-43,61H. The van der Waals surface area contributed by atoms with Crippen LogP contribution >= 0.6 is 0 Å². The van der Waals surface area contributed by atoms with Gasteiger partial charge in [0.15, 0.2) is 0 Å². The van der Waals surface area contributed by atoms with Gasteiger partial charge in [-0.15, -0.1) is 0 Å². The monoisotopic (exact) mass is 836 g/mol. The molecule has 310 valence electrons. The van der Waals surface area contributed by atoms with Crippen molar-refractivity contribution in [3.63, 3.8) is 0 Å². The highest BCUT2D eigenvalue weighted by molar-refractivity contribution is 6.08. The van der Waals surface area contributed by atoms with Crippen molar-refractivity contribution in [1.29, 1.82) is 0 Å². The molecular weight excluding hydrogens is 793 g/mol. The number of fused-ring (bicyclic) bond motifs is 3. The molecule has 1 heterocycles. The summed E-state index contributed by atoms with van der Waals surface area (Å²) in [5, 5.41) is 5.61. The quantitative estimate of drug-likeness (QED) is 0.133. The first kappa shape index (κ1) is 39.1. The molecule has 5 heteroatoms. The Bertz CT molecular complexity index is 3300. The molecule has 0 aliphatic rings. The maximum absolute atomic E-state index is 6.52. The van der Waals surface area contributed by atoms with Gasteiger partial charge in [-0.1, -0.05) is 115 Å². The summed E-state index contributed by atoms with van der Waals surface area (Å²) in [6.45, 7) is 0. The van der Waals surface area contributed by atoms with Crippen molar-refractivity contribution in [2.24, 2.45) is 0 Å². The third-order valence-electron chi connectivity index (χ3n) is 11.8. The molecule has 0 radical (unpaired) electrons. The molecule has 0 unspecified atom stereocenters. The van der Waals surface area contributed by atoms with Crippen LogP contribution in [0.5, 0.6) is 0 Å². The van der Waals surface area contributed by atoms with Gasteiger partial charge in [0.1, 0.15) is 11.2 Å². The molecule has 11 rings (SSSR count). The zero-order valence-corrected chi connectivity index (χ0v) is 35.6. The number of para-hydroxylation sites is 4. The van der Waals surface area contributed by atoms with E-state index in [4.69, 9.17) is 4.42 Å². The predicted octanol–water partition coefficient (Wildman–Crippen LogP) is 17.4. The molecule has 11 aromatic rings. The van der Waals surface area contributed by atoms with Crippen LogP contribution in [0.4, 0.5) is 62.6 Å². The van der Waals surface area contributed by atoms with Gasteiger partial charge in [0.05, 0.1) is 0 Å². The molecule has 0 saturated heterocycles. The van der Waals surface area contributed by atoms with Gasteiger partial charge in [0.25, 0.3) is 0 Å². The predicted molar refractivity (Wildman–Crippen MR) is 273 cm³/mol. The van der Waals surface area contributed by atoms with Crippen LogP contribution in [0.3, 0.4) is 0 Å². The Hall–Kier alpha value is -8.80. The SMILES string of the molecule is c1ccc(Nc2ccc(N(c3ccccc3)c3ccc4oc5ccc(N(c6ccccc6)c6ccc(N(c7ccccc7)c7ccc(-c8ccccc8)cc7)cc6)cc5c4c3)cc2)cc1. The number of hydrogen-bond acceptors (Lipinski definition) is 5. The van der Waals surface area contributed by atoms with Gasteiger partial charge in [-0.25, -0.2) is 0 Å². The van der Waals surface area contributed by atoms with Gasteiger partial charge in [-0.2, -0.15) is 0 Å². The molecule has 5 nitrogen and oxygen atoms in total. The van der Waals surface area contributed by atoms with Crippen molar-refractivity contribution in [1.82, 2.24) is 0 Å². The highest BCUT2D eigenvalue weighted by Crippen LogP contribution is 2.43. The van der Waals surface area contributed by atoms with E-state index in [0.29, 0.717) is 0 Å². The highest BCUT2D eigenvalue weighted by atomic mass is 16.3. The lowest BCUT2D eigenvalue weighted by Crippen LogP contribution is -2.12. The molecule has 0 aliphatic heterocycles. The van der Waals surface area contributed by atoms with Crippen molar-refractivity contribution in [2.75, 3.05) is 20.0 Å². The average Bonchev–Trinajstić information content (AvgIpc) is 3.74. The molecule has 0 bridgehead atoms. The number of hydrogen-bond donors (Lipinski definition) is 1. The normalized spacial score (nSPS) is 11.1. The second-order valence-electron chi connectivity index (χ2n) is 15.9. The molecular formula is C60H44N4O. The zero-order valence-electron chi connectivity index (χ0n) is 35.6. The lowest BCUT2D eigenvalue weighted by Gasteiger charge is -2.28. The van der Waals surface area contributed by atoms with Gasteiger partial charge in [0.2, 0.25) is 0 Å².